The second kappa shape index (κ2) is 8.16. The van der Waals surface area contributed by atoms with Gasteiger partial charge in [0.1, 0.15) is 5.75 Å². The first kappa shape index (κ1) is 17.5. The van der Waals surface area contributed by atoms with Gasteiger partial charge in [-0.15, -0.1) is 0 Å². The number of carbonyl (C=O) groups excluding carboxylic acids is 1. The quantitative estimate of drug-likeness (QED) is 0.784. The lowest BCUT2D eigenvalue weighted by atomic mass is 10.0. The van der Waals surface area contributed by atoms with Gasteiger partial charge in [0.05, 0.1) is 10.5 Å². The predicted octanol–water partition coefficient (Wildman–Crippen LogP) is 4.83. The van der Waals surface area contributed by atoms with Gasteiger partial charge in [0.25, 0.3) is 5.91 Å². The Morgan fingerprint density at radius 3 is 2.39 bits per heavy atom. The number of amides is 1. The number of rotatable bonds is 6. The Balaban J connectivity index is 1.89. The van der Waals surface area contributed by atoms with E-state index in [2.05, 4.69) is 35.1 Å². The van der Waals surface area contributed by atoms with Gasteiger partial charge in [-0.25, -0.2) is 0 Å². The Bertz CT molecular complexity index is 656. The number of benzene rings is 2. The summed E-state index contributed by atoms with van der Waals surface area (Å²) >= 11 is 3.50. The third-order valence-corrected chi connectivity index (χ3v) is 4.28. The molecule has 0 aliphatic carbocycles. The third kappa shape index (κ3) is 5.10. The van der Waals surface area contributed by atoms with Crippen molar-refractivity contribution in [2.45, 2.75) is 32.7 Å². The van der Waals surface area contributed by atoms with Crippen molar-refractivity contribution in [2.24, 2.45) is 0 Å². The molecule has 0 bridgehead atoms. The van der Waals surface area contributed by atoms with Crippen LogP contribution in [-0.4, -0.2) is 12.5 Å². The molecular weight excluding hydrogens is 354 g/mol. The molecule has 23 heavy (non-hydrogen) atoms. The van der Waals surface area contributed by atoms with E-state index < -0.39 is 0 Å². The average molecular weight is 376 g/mol. The molecule has 1 N–H and O–H groups in total. The lowest BCUT2D eigenvalue weighted by Gasteiger charge is -2.15. The standard InChI is InChI=1S/C19H22BrNO2/c1-13(2)16-9-10-18(17(20)11-16)23-12-19(22)21-14(3)15-7-5-4-6-8-15/h4-11,13-14H,12H2,1-3H3,(H,21,22)/t14-/m1/s1. The topological polar surface area (TPSA) is 38.3 Å². The maximum Gasteiger partial charge on any atom is 0.258 e. The molecule has 0 aliphatic heterocycles. The largest absolute Gasteiger partial charge is 0.483 e. The first-order valence-corrected chi connectivity index (χ1v) is 8.53. The summed E-state index contributed by atoms with van der Waals surface area (Å²) in [5.41, 5.74) is 2.30. The van der Waals surface area contributed by atoms with E-state index in [1.807, 2.05) is 55.5 Å². The lowest BCUT2D eigenvalue weighted by Crippen LogP contribution is -2.31. The molecule has 0 fully saturated rings. The van der Waals surface area contributed by atoms with Crippen LogP contribution in [0.4, 0.5) is 0 Å². The fourth-order valence-electron chi connectivity index (χ4n) is 2.24. The zero-order valence-electron chi connectivity index (χ0n) is 13.7. The minimum absolute atomic E-state index is 0.00318. The Hall–Kier alpha value is -1.81. The maximum absolute atomic E-state index is 12.0. The second-order valence-corrected chi connectivity index (χ2v) is 6.69. The summed E-state index contributed by atoms with van der Waals surface area (Å²) in [5.74, 6) is 0.994. The van der Waals surface area contributed by atoms with E-state index in [9.17, 15) is 4.79 Å². The number of hydrogen-bond acceptors (Lipinski definition) is 2. The van der Waals surface area contributed by atoms with Gasteiger partial charge in [-0.1, -0.05) is 50.2 Å². The fourth-order valence-corrected chi connectivity index (χ4v) is 2.76. The van der Waals surface area contributed by atoms with Gasteiger partial charge in [-0.2, -0.15) is 0 Å². The summed E-state index contributed by atoms with van der Waals surface area (Å²) in [4.78, 5) is 12.0. The van der Waals surface area contributed by atoms with E-state index in [-0.39, 0.29) is 18.6 Å². The monoisotopic (exact) mass is 375 g/mol. The summed E-state index contributed by atoms with van der Waals surface area (Å²) in [6.45, 7) is 6.23. The van der Waals surface area contributed by atoms with Crippen molar-refractivity contribution in [3.63, 3.8) is 0 Å². The van der Waals surface area contributed by atoms with Crippen LogP contribution >= 0.6 is 15.9 Å². The highest BCUT2D eigenvalue weighted by molar-refractivity contribution is 9.10. The first-order chi connectivity index (χ1) is 11.0. The molecule has 0 radical (unpaired) electrons. The van der Waals surface area contributed by atoms with E-state index in [4.69, 9.17) is 4.74 Å². The average Bonchev–Trinajstić information content (AvgIpc) is 2.54. The van der Waals surface area contributed by atoms with Crippen molar-refractivity contribution in [1.82, 2.24) is 5.32 Å². The summed E-state index contributed by atoms with van der Waals surface area (Å²) in [5, 5.41) is 2.94. The van der Waals surface area contributed by atoms with Gasteiger partial charge < -0.3 is 10.1 Å². The van der Waals surface area contributed by atoms with Crippen LogP contribution in [0.2, 0.25) is 0 Å². The van der Waals surface area contributed by atoms with Crippen molar-refractivity contribution in [1.29, 1.82) is 0 Å². The SMILES string of the molecule is CC(C)c1ccc(OCC(=O)N[C@H](C)c2ccccc2)c(Br)c1. The minimum atomic E-state index is -0.138. The van der Waals surface area contributed by atoms with Crippen LogP contribution in [0.5, 0.6) is 5.75 Å². The normalized spacial score (nSPS) is 12.0. The maximum atomic E-state index is 12.0. The highest BCUT2D eigenvalue weighted by Gasteiger charge is 2.11. The third-order valence-electron chi connectivity index (χ3n) is 3.66. The van der Waals surface area contributed by atoms with Crippen molar-refractivity contribution >= 4 is 21.8 Å². The van der Waals surface area contributed by atoms with Crippen molar-refractivity contribution in [2.75, 3.05) is 6.61 Å². The fraction of sp³-hybridized carbons (Fsp3) is 0.316. The molecule has 2 aromatic carbocycles. The number of carbonyl (C=O) groups is 1. The molecular formula is C19H22BrNO2. The van der Waals surface area contributed by atoms with Crippen LogP contribution in [0.1, 0.15) is 43.9 Å². The molecule has 0 unspecified atom stereocenters. The number of hydrogen-bond donors (Lipinski definition) is 1. The predicted molar refractivity (Wildman–Crippen MR) is 96.7 cm³/mol. The molecule has 2 aromatic rings. The van der Waals surface area contributed by atoms with Crippen molar-refractivity contribution < 1.29 is 9.53 Å². The Labute approximate surface area is 146 Å². The number of nitrogens with one attached hydrogen (secondary N) is 1. The van der Waals surface area contributed by atoms with E-state index in [1.165, 1.54) is 5.56 Å². The molecule has 0 saturated heterocycles. The van der Waals surface area contributed by atoms with Crippen LogP contribution in [0.25, 0.3) is 0 Å². The lowest BCUT2D eigenvalue weighted by molar-refractivity contribution is -0.123. The van der Waals surface area contributed by atoms with Crippen LogP contribution in [0, 0.1) is 0 Å². The summed E-state index contributed by atoms with van der Waals surface area (Å²) < 4.78 is 6.48. The zero-order chi connectivity index (χ0) is 16.8. The summed E-state index contributed by atoms with van der Waals surface area (Å²) in [6.07, 6.45) is 0. The van der Waals surface area contributed by atoms with E-state index in [0.717, 1.165) is 10.0 Å². The molecule has 1 amide bonds. The molecule has 0 saturated carbocycles. The van der Waals surface area contributed by atoms with Gasteiger partial charge in [0.2, 0.25) is 0 Å². The minimum Gasteiger partial charge on any atom is -0.483 e. The molecule has 0 spiro atoms. The molecule has 122 valence electrons. The van der Waals surface area contributed by atoms with Crippen LogP contribution in [0.15, 0.2) is 53.0 Å². The Morgan fingerprint density at radius 1 is 1.09 bits per heavy atom. The molecule has 0 aliphatic rings. The van der Waals surface area contributed by atoms with E-state index in [1.54, 1.807) is 0 Å². The summed E-state index contributed by atoms with van der Waals surface area (Å²) in [6, 6.07) is 15.8. The first-order valence-electron chi connectivity index (χ1n) is 7.74. The molecule has 3 nitrogen and oxygen atoms in total. The van der Waals surface area contributed by atoms with Crippen LogP contribution in [0.3, 0.4) is 0 Å². The highest BCUT2D eigenvalue weighted by atomic mass is 79.9. The summed E-state index contributed by atoms with van der Waals surface area (Å²) in [7, 11) is 0. The zero-order valence-corrected chi connectivity index (χ0v) is 15.3. The second-order valence-electron chi connectivity index (χ2n) is 5.83. The van der Waals surface area contributed by atoms with E-state index in [0.29, 0.717) is 11.7 Å². The molecule has 1 atom stereocenters. The molecule has 0 aromatic heterocycles. The van der Waals surface area contributed by atoms with Crippen molar-refractivity contribution in [3.8, 4) is 5.75 Å². The van der Waals surface area contributed by atoms with Crippen molar-refractivity contribution in [3.05, 3.63) is 64.1 Å². The van der Waals surface area contributed by atoms with E-state index >= 15 is 0 Å². The smallest absolute Gasteiger partial charge is 0.258 e. The Kier molecular flexibility index (Phi) is 6.22. The highest BCUT2D eigenvalue weighted by Crippen LogP contribution is 2.28. The van der Waals surface area contributed by atoms with Crippen LogP contribution < -0.4 is 10.1 Å². The molecule has 2 rings (SSSR count). The van der Waals surface area contributed by atoms with Crippen LogP contribution in [-0.2, 0) is 4.79 Å². The van der Waals surface area contributed by atoms with Gasteiger partial charge in [0.15, 0.2) is 6.61 Å². The van der Waals surface area contributed by atoms with Gasteiger partial charge in [0, 0.05) is 0 Å². The Morgan fingerprint density at radius 2 is 1.78 bits per heavy atom. The number of halogens is 1. The number of ether oxygens (including phenoxy) is 1. The molecule has 0 heterocycles. The molecule has 4 heteroatoms. The van der Waals surface area contributed by atoms with Gasteiger partial charge in [-0.05, 0) is 52.0 Å². The van der Waals surface area contributed by atoms with Gasteiger partial charge >= 0.3 is 0 Å². The van der Waals surface area contributed by atoms with Gasteiger partial charge in [-0.3, -0.25) is 4.79 Å².